The molecule has 0 saturated heterocycles. The van der Waals surface area contributed by atoms with Crippen molar-refractivity contribution in [3.8, 4) is 0 Å². The first-order chi connectivity index (χ1) is 6.31. The van der Waals surface area contributed by atoms with Gasteiger partial charge >= 0.3 is 0 Å². The summed E-state index contributed by atoms with van der Waals surface area (Å²) in [5.41, 5.74) is 2.17. The van der Waals surface area contributed by atoms with Crippen molar-refractivity contribution in [1.29, 1.82) is 0 Å². The van der Waals surface area contributed by atoms with E-state index in [1.54, 1.807) is 23.9 Å². The van der Waals surface area contributed by atoms with Crippen LogP contribution in [0.4, 0.5) is 5.69 Å². The van der Waals surface area contributed by atoms with Crippen LogP contribution in [0.5, 0.6) is 0 Å². The first kappa shape index (κ1) is 7.64. The zero-order valence-electron chi connectivity index (χ0n) is 6.93. The van der Waals surface area contributed by atoms with Crippen LogP contribution in [0.25, 0.3) is 11.0 Å². The number of fused-ring (bicyclic) bond motifs is 1. The van der Waals surface area contributed by atoms with E-state index in [-0.39, 0.29) is 0 Å². The molecule has 1 heterocycles. The van der Waals surface area contributed by atoms with Crippen LogP contribution >= 0.6 is 0 Å². The summed E-state index contributed by atoms with van der Waals surface area (Å²) in [6, 6.07) is 5.22. The SMILES string of the molecule is Cn1nnc2cc(N=C=O)ccc21. The Morgan fingerprint density at radius 1 is 1.54 bits per heavy atom. The molecule has 1 aromatic carbocycles. The Labute approximate surface area is 73.7 Å². The van der Waals surface area contributed by atoms with Crippen molar-refractivity contribution in [1.82, 2.24) is 15.0 Å². The van der Waals surface area contributed by atoms with Gasteiger partial charge in [0.05, 0.1) is 11.2 Å². The Morgan fingerprint density at radius 3 is 3.15 bits per heavy atom. The number of benzene rings is 1. The highest BCUT2D eigenvalue weighted by molar-refractivity contribution is 5.78. The zero-order valence-corrected chi connectivity index (χ0v) is 6.93. The van der Waals surface area contributed by atoms with Gasteiger partial charge in [-0.15, -0.1) is 5.10 Å². The highest BCUT2D eigenvalue weighted by Gasteiger charge is 2.00. The van der Waals surface area contributed by atoms with E-state index in [4.69, 9.17) is 0 Å². The number of nitrogens with zero attached hydrogens (tertiary/aromatic N) is 4. The molecule has 64 valence electrons. The average Bonchev–Trinajstić information content (AvgIpc) is 2.48. The molecule has 0 radical (unpaired) electrons. The molecule has 0 unspecified atom stereocenters. The van der Waals surface area contributed by atoms with E-state index in [2.05, 4.69) is 15.3 Å². The number of aliphatic imine (C=N–C) groups is 1. The molecule has 0 atom stereocenters. The number of isocyanates is 1. The molecule has 0 N–H and O–H groups in total. The van der Waals surface area contributed by atoms with E-state index < -0.39 is 0 Å². The summed E-state index contributed by atoms with van der Waals surface area (Å²) < 4.78 is 1.66. The number of aryl methyl sites for hydroxylation is 1. The summed E-state index contributed by atoms with van der Waals surface area (Å²) in [4.78, 5) is 13.5. The summed E-state index contributed by atoms with van der Waals surface area (Å²) >= 11 is 0. The zero-order chi connectivity index (χ0) is 9.26. The second kappa shape index (κ2) is 2.80. The van der Waals surface area contributed by atoms with Crippen molar-refractivity contribution in [2.45, 2.75) is 0 Å². The number of hydrogen-bond donors (Lipinski definition) is 0. The van der Waals surface area contributed by atoms with E-state index >= 15 is 0 Å². The molecule has 0 spiro atoms. The highest BCUT2D eigenvalue weighted by Crippen LogP contribution is 2.17. The van der Waals surface area contributed by atoms with Gasteiger partial charge in [-0.2, -0.15) is 4.99 Å². The fraction of sp³-hybridized carbons (Fsp3) is 0.125. The molecule has 13 heavy (non-hydrogen) atoms. The standard InChI is InChI=1S/C8H6N4O/c1-12-8-3-2-6(9-5-13)4-7(8)10-11-12/h2-4H,1H3. The van der Waals surface area contributed by atoms with Gasteiger partial charge in [-0.05, 0) is 18.2 Å². The summed E-state index contributed by atoms with van der Waals surface area (Å²) in [5.74, 6) is 0. The maximum atomic E-state index is 9.98. The Hall–Kier alpha value is -2.00. The minimum Gasteiger partial charge on any atom is -0.248 e. The van der Waals surface area contributed by atoms with Gasteiger partial charge in [-0.3, -0.25) is 0 Å². The topological polar surface area (TPSA) is 60.1 Å². The number of aromatic nitrogens is 3. The van der Waals surface area contributed by atoms with Gasteiger partial charge in [-0.25, -0.2) is 9.48 Å². The first-order valence-corrected chi connectivity index (χ1v) is 3.68. The molecule has 5 heteroatoms. The van der Waals surface area contributed by atoms with Crippen molar-refractivity contribution < 1.29 is 4.79 Å². The summed E-state index contributed by atoms with van der Waals surface area (Å²) in [6.07, 6.45) is 1.48. The predicted molar refractivity (Wildman–Crippen MR) is 46.3 cm³/mol. The smallest absolute Gasteiger partial charge is 0.240 e. The van der Waals surface area contributed by atoms with Crippen LogP contribution in [-0.4, -0.2) is 21.1 Å². The third-order valence-corrected chi connectivity index (χ3v) is 1.77. The summed E-state index contributed by atoms with van der Waals surface area (Å²) in [7, 11) is 1.80. The molecule has 0 fully saturated rings. The van der Waals surface area contributed by atoms with E-state index in [1.165, 1.54) is 6.08 Å². The van der Waals surface area contributed by atoms with E-state index in [0.717, 1.165) is 11.0 Å². The number of carbonyl (C=O) groups excluding carboxylic acids is 1. The van der Waals surface area contributed by atoms with Crippen molar-refractivity contribution in [2.75, 3.05) is 0 Å². The monoisotopic (exact) mass is 174 g/mol. The van der Waals surface area contributed by atoms with E-state index in [0.29, 0.717) is 5.69 Å². The lowest BCUT2D eigenvalue weighted by Crippen LogP contribution is -1.88. The molecule has 0 amide bonds. The van der Waals surface area contributed by atoms with Gasteiger partial charge in [0.2, 0.25) is 6.08 Å². The third kappa shape index (κ3) is 1.21. The predicted octanol–water partition coefficient (Wildman–Crippen LogP) is 0.936. The van der Waals surface area contributed by atoms with E-state index in [9.17, 15) is 4.79 Å². The van der Waals surface area contributed by atoms with Crippen LogP contribution in [0.15, 0.2) is 23.2 Å². The molecule has 0 saturated carbocycles. The second-order valence-electron chi connectivity index (χ2n) is 2.59. The quantitative estimate of drug-likeness (QED) is 0.477. The molecular formula is C8H6N4O. The molecule has 0 bridgehead atoms. The van der Waals surface area contributed by atoms with Crippen LogP contribution in [0.1, 0.15) is 0 Å². The molecule has 0 aliphatic rings. The van der Waals surface area contributed by atoms with Gasteiger partial charge in [0.1, 0.15) is 5.52 Å². The van der Waals surface area contributed by atoms with Gasteiger partial charge in [-0.1, -0.05) is 5.21 Å². The highest BCUT2D eigenvalue weighted by atomic mass is 16.1. The lowest BCUT2D eigenvalue weighted by Gasteiger charge is -1.91. The van der Waals surface area contributed by atoms with E-state index in [1.807, 2.05) is 6.07 Å². The van der Waals surface area contributed by atoms with Crippen molar-refractivity contribution >= 4 is 22.8 Å². The van der Waals surface area contributed by atoms with Gasteiger partial charge < -0.3 is 0 Å². The fourth-order valence-corrected chi connectivity index (χ4v) is 1.15. The largest absolute Gasteiger partial charge is 0.248 e. The maximum Gasteiger partial charge on any atom is 0.240 e. The second-order valence-corrected chi connectivity index (χ2v) is 2.59. The fourth-order valence-electron chi connectivity index (χ4n) is 1.15. The number of hydrogen-bond acceptors (Lipinski definition) is 4. The lowest BCUT2D eigenvalue weighted by molar-refractivity contribution is 0.565. The van der Waals surface area contributed by atoms with Gasteiger partial charge in [0.25, 0.3) is 0 Å². The molecule has 0 aliphatic carbocycles. The van der Waals surface area contributed by atoms with Crippen molar-refractivity contribution in [2.24, 2.45) is 12.0 Å². The van der Waals surface area contributed by atoms with Gasteiger partial charge in [0, 0.05) is 7.05 Å². The first-order valence-electron chi connectivity index (χ1n) is 3.68. The van der Waals surface area contributed by atoms with Crippen LogP contribution in [0.3, 0.4) is 0 Å². The Morgan fingerprint density at radius 2 is 2.38 bits per heavy atom. The molecule has 2 aromatic rings. The van der Waals surface area contributed by atoms with Crippen LogP contribution < -0.4 is 0 Å². The summed E-state index contributed by atoms with van der Waals surface area (Å²) in [6.45, 7) is 0. The van der Waals surface area contributed by atoms with Crippen LogP contribution in [0, 0.1) is 0 Å². The van der Waals surface area contributed by atoms with Crippen LogP contribution in [0.2, 0.25) is 0 Å². The van der Waals surface area contributed by atoms with Crippen molar-refractivity contribution in [3.05, 3.63) is 18.2 Å². The molecular weight excluding hydrogens is 168 g/mol. The Balaban J connectivity index is 2.69. The maximum absolute atomic E-state index is 9.98. The molecule has 2 rings (SSSR count). The Kier molecular flexibility index (Phi) is 1.65. The molecule has 0 aliphatic heterocycles. The summed E-state index contributed by atoms with van der Waals surface area (Å²) in [5, 5.41) is 7.71. The Bertz CT molecular complexity index is 496. The number of rotatable bonds is 1. The third-order valence-electron chi connectivity index (χ3n) is 1.77. The lowest BCUT2D eigenvalue weighted by atomic mass is 10.3. The molecule has 1 aromatic heterocycles. The average molecular weight is 174 g/mol. The minimum atomic E-state index is 0.544. The normalized spacial score (nSPS) is 9.92. The minimum absolute atomic E-state index is 0.544. The van der Waals surface area contributed by atoms with Crippen molar-refractivity contribution in [3.63, 3.8) is 0 Å². The van der Waals surface area contributed by atoms with Gasteiger partial charge in [0.15, 0.2) is 0 Å². The molecule has 5 nitrogen and oxygen atoms in total. The van der Waals surface area contributed by atoms with Crippen LogP contribution in [-0.2, 0) is 11.8 Å².